The number of hydrogen-bond acceptors (Lipinski definition) is 4. The van der Waals surface area contributed by atoms with Crippen LogP contribution >= 0.6 is 0 Å². The van der Waals surface area contributed by atoms with Gasteiger partial charge in [0, 0.05) is 31.1 Å². The zero-order valence-electron chi connectivity index (χ0n) is 23.8. The number of carbonyl (C=O) groups is 3. The van der Waals surface area contributed by atoms with Gasteiger partial charge in [0.15, 0.2) is 0 Å². The molecule has 1 fully saturated rings. The molecule has 4 rings (SSSR count). The van der Waals surface area contributed by atoms with E-state index >= 15 is 0 Å². The summed E-state index contributed by atoms with van der Waals surface area (Å²) in [5, 5.41) is 9.31. The van der Waals surface area contributed by atoms with Gasteiger partial charge in [0.2, 0.25) is 11.8 Å². The van der Waals surface area contributed by atoms with Crippen molar-refractivity contribution in [1.29, 1.82) is 0 Å². The molecule has 7 nitrogen and oxygen atoms in total. The third-order valence-corrected chi connectivity index (χ3v) is 8.03. The van der Waals surface area contributed by atoms with Gasteiger partial charge in [0.1, 0.15) is 5.75 Å². The van der Waals surface area contributed by atoms with Crippen molar-refractivity contribution in [3.05, 3.63) is 64.7 Å². The molecule has 0 saturated carbocycles. The number of carbonyl (C=O) groups excluding carboxylic acids is 2. The molecule has 2 atom stereocenters. The maximum absolute atomic E-state index is 14.2. The molecule has 0 aliphatic carbocycles. The third-order valence-electron chi connectivity index (χ3n) is 8.03. The van der Waals surface area contributed by atoms with Gasteiger partial charge < -0.3 is 19.6 Å². The molecular weight excluding hydrogens is 537 g/mol. The van der Waals surface area contributed by atoms with Crippen molar-refractivity contribution < 1.29 is 37.4 Å². The third kappa shape index (κ3) is 6.85. The number of halogens is 3. The van der Waals surface area contributed by atoms with Crippen LogP contribution in [0, 0.1) is 11.3 Å². The van der Waals surface area contributed by atoms with Gasteiger partial charge in [-0.05, 0) is 54.0 Å². The summed E-state index contributed by atoms with van der Waals surface area (Å²) in [6.07, 6.45) is -3.54. The maximum Gasteiger partial charge on any atom is 0.416 e. The molecule has 2 aliphatic heterocycles. The number of benzene rings is 2. The number of carboxylic acids is 1. The first-order valence-corrected chi connectivity index (χ1v) is 13.8. The van der Waals surface area contributed by atoms with Crippen LogP contribution in [0.25, 0.3) is 0 Å². The number of amides is 2. The van der Waals surface area contributed by atoms with Crippen LogP contribution in [0.1, 0.15) is 74.1 Å². The number of nitrogens with zero attached hydrogens (tertiary/aromatic N) is 2. The van der Waals surface area contributed by atoms with Crippen molar-refractivity contribution >= 4 is 17.8 Å². The number of carboxylic acid groups (broad SMARTS) is 1. The van der Waals surface area contributed by atoms with Crippen molar-refractivity contribution in [2.24, 2.45) is 11.3 Å². The van der Waals surface area contributed by atoms with Gasteiger partial charge in [-0.2, -0.15) is 13.2 Å². The van der Waals surface area contributed by atoms with Crippen LogP contribution in [0.2, 0.25) is 0 Å². The molecule has 2 aliphatic rings. The Morgan fingerprint density at radius 2 is 1.66 bits per heavy atom. The van der Waals surface area contributed by atoms with E-state index in [1.54, 1.807) is 29.2 Å². The van der Waals surface area contributed by atoms with Crippen molar-refractivity contribution in [3.8, 4) is 5.75 Å². The fraction of sp³-hybridized carbons (Fsp3) is 0.516. The van der Waals surface area contributed by atoms with E-state index in [1.807, 2.05) is 20.8 Å². The highest BCUT2D eigenvalue weighted by Gasteiger charge is 2.41. The average Bonchev–Trinajstić information content (AvgIpc) is 3.02. The molecule has 2 aromatic rings. The van der Waals surface area contributed by atoms with Gasteiger partial charge in [0.25, 0.3) is 0 Å². The lowest BCUT2D eigenvalue weighted by Gasteiger charge is -2.34. The molecule has 1 saturated heterocycles. The second kappa shape index (κ2) is 11.7. The topological polar surface area (TPSA) is 87.2 Å². The van der Waals surface area contributed by atoms with Crippen LogP contribution in [-0.2, 0) is 20.6 Å². The Morgan fingerprint density at radius 3 is 2.24 bits per heavy atom. The van der Waals surface area contributed by atoms with Crippen LogP contribution in [0.15, 0.2) is 42.5 Å². The lowest BCUT2D eigenvalue weighted by Crippen LogP contribution is -2.48. The Hall–Kier alpha value is -3.56. The Labute approximate surface area is 238 Å². The number of hydrogen-bond donors (Lipinski definition) is 1. The lowest BCUT2D eigenvalue weighted by atomic mass is 9.77. The minimum atomic E-state index is -4.58. The summed E-state index contributed by atoms with van der Waals surface area (Å²) in [6.45, 7) is 6.19. The highest BCUT2D eigenvalue weighted by molar-refractivity contribution is 5.90. The first-order chi connectivity index (χ1) is 19.2. The maximum atomic E-state index is 14.2. The number of alkyl halides is 3. The molecule has 0 spiro atoms. The Morgan fingerprint density at radius 1 is 1.00 bits per heavy atom. The molecule has 2 unspecified atom stereocenters. The van der Waals surface area contributed by atoms with Crippen molar-refractivity contribution in [1.82, 2.24) is 9.80 Å². The van der Waals surface area contributed by atoms with E-state index in [9.17, 15) is 32.7 Å². The molecule has 222 valence electrons. The summed E-state index contributed by atoms with van der Waals surface area (Å²) in [7, 11) is 1.48. The smallest absolute Gasteiger partial charge is 0.416 e. The Bertz CT molecular complexity index is 1300. The van der Waals surface area contributed by atoms with Gasteiger partial charge in [-0.25, -0.2) is 0 Å². The molecule has 0 radical (unpaired) electrons. The lowest BCUT2D eigenvalue weighted by molar-refractivity contribution is -0.147. The Kier molecular flexibility index (Phi) is 8.70. The minimum Gasteiger partial charge on any atom is -0.496 e. The van der Waals surface area contributed by atoms with E-state index < -0.39 is 35.5 Å². The zero-order valence-corrected chi connectivity index (χ0v) is 23.8. The molecule has 41 heavy (non-hydrogen) atoms. The molecular formula is C31H37F3N2O5. The van der Waals surface area contributed by atoms with E-state index in [-0.39, 0.29) is 43.4 Å². The Balaban J connectivity index is 1.79. The number of para-hydroxylation sites is 1. The monoisotopic (exact) mass is 574 g/mol. The first kappa shape index (κ1) is 30.4. The SMILES string of the molecule is COc1ccccc1C1CN(CC(=O)N2CCC(C(=O)O)CC2)C(=O)C(CC(C)(C)C)c2ccc(C(F)(F)F)cc21. The molecule has 0 bridgehead atoms. The van der Waals surface area contributed by atoms with E-state index in [1.165, 1.54) is 18.1 Å². The summed E-state index contributed by atoms with van der Waals surface area (Å²) in [6, 6.07) is 10.6. The number of fused-ring (bicyclic) bond motifs is 1. The second-order valence-electron chi connectivity index (χ2n) is 12.2. The summed E-state index contributed by atoms with van der Waals surface area (Å²) in [5.74, 6) is -2.97. The first-order valence-electron chi connectivity index (χ1n) is 13.8. The van der Waals surface area contributed by atoms with Gasteiger partial charge in [-0.1, -0.05) is 45.0 Å². The van der Waals surface area contributed by atoms with Gasteiger partial charge in [-0.3, -0.25) is 14.4 Å². The van der Waals surface area contributed by atoms with Crippen LogP contribution < -0.4 is 4.74 Å². The van der Waals surface area contributed by atoms with Crippen molar-refractivity contribution in [3.63, 3.8) is 0 Å². The van der Waals surface area contributed by atoms with Crippen LogP contribution in [0.5, 0.6) is 5.75 Å². The highest BCUT2D eigenvalue weighted by atomic mass is 19.4. The standard InChI is InChI=1S/C31H37F3N2O5/c1-30(2,3)16-24-21-10-9-20(31(32,33)34)15-23(21)25(22-7-5-6-8-26(22)41-4)17-36(28(24)38)18-27(37)35-13-11-19(12-14-35)29(39)40/h5-10,15,19,24-25H,11-14,16-18H2,1-4H3,(H,39,40). The largest absolute Gasteiger partial charge is 0.496 e. The van der Waals surface area contributed by atoms with Gasteiger partial charge in [-0.15, -0.1) is 0 Å². The van der Waals surface area contributed by atoms with Gasteiger partial charge >= 0.3 is 12.1 Å². The van der Waals surface area contributed by atoms with Gasteiger partial charge in [0.05, 0.1) is 31.1 Å². The number of aliphatic carboxylic acids is 1. The second-order valence-corrected chi connectivity index (χ2v) is 12.2. The fourth-order valence-electron chi connectivity index (χ4n) is 5.94. The molecule has 1 N–H and O–H groups in total. The molecule has 2 amide bonds. The number of methoxy groups -OCH3 is 1. The molecule has 2 heterocycles. The van der Waals surface area contributed by atoms with Crippen LogP contribution in [-0.4, -0.2) is 66.0 Å². The predicted octanol–water partition coefficient (Wildman–Crippen LogP) is 5.53. The minimum absolute atomic E-state index is 0.00844. The summed E-state index contributed by atoms with van der Waals surface area (Å²) >= 11 is 0. The van der Waals surface area contributed by atoms with E-state index in [2.05, 4.69) is 0 Å². The normalized spacial score (nSPS) is 20.4. The van der Waals surface area contributed by atoms with Crippen molar-refractivity contribution in [2.45, 2.75) is 58.0 Å². The highest BCUT2D eigenvalue weighted by Crippen LogP contribution is 2.45. The molecule has 10 heteroatoms. The zero-order chi connectivity index (χ0) is 30.1. The quantitative estimate of drug-likeness (QED) is 0.490. The molecule has 0 aromatic heterocycles. The average molecular weight is 575 g/mol. The molecule has 2 aromatic carbocycles. The van der Waals surface area contributed by atoms with E-state index in [0.717, 1.165) is 12.1 Å². The van der Waals surface area contributed by atoms with E-state index in [0.29, 0.717) is 41.7 Å². The van der Waals surface area contributed by atoms with E-state index in [4.69, 9.17) is 4.74 Å². The van der Waals surface area contributed by atoms with Crippen LogP contribution in [0.4, 0.5) is 13.2 Å². The van der Waals surface area contributed by atoms with Crippen LogP contribution in [0.3, 0.4) is 0 Å². The van der Waals surface area contributed by atoms with Crippen molar-refractivity contribution in [2.75, 3.05) is 33.3 Å². The summed E-state index contributed by atoms with van der Waals surface area (Å²) in [4.78, 5) is 42.0. The summed E-state index contributed by atoms with van der Waals surface area (Å²) in [5.41, 5.74) is 0.400. The number of rotatable bonds is 6. The number of likely N-dealkylation sites (tertiary alicyclic amines) is 1. The number of piperidine rings is 1. The predicted molar refractivity (Wildman–Crippen MR) is 147 cm³/mol. The summed E-state index contributed by atoms with van der Waals surface area (Å²) < 4.78 is 47.3. The number of ether oxygens (including phenoxy) is 1. The fourth-order valence-corrected chi connectivity index (χ4v) is 5.94.